The van der Waals surface area contributed by atoms with Crippen molar-refractivity contribution in [1.29, 1.82) is 0 Å². The highest BCUT2D eigenvalue weighted by atomic mass is 19.1. The molecule has 0 amide bonds. The van der Waals surface area contributed by atoms with Gasteiger partial charge in [-0.3, -0.25) is 4.79 Å². The van der Waals surface area contributed by atoms with Gasteiger partial charge in [0.2, 0.25) is 0 Å². The van der Waals surface area contributed by atoms with Crippen LogP contribution < -0.4 is 10.1 Å². The van der Waals surface area contributed by atoms with Gasteiger partial charge in [-0.15, -0.1) is 0 Å². The van der Waals surface area contributed by atoms with Gasteiger partial charge in [0.05, 0.1) is 0 Å². The highest BCUT2D eigenvalue weighted by Crippen LogP contribution is 2.14. The number of carbonyl (C=O) groups is 1. The molecule has 88 valence electrons. The van der Waals surface area contributed by atoms with Gasteiger partial charge in [-0.25, -0.2) is 4.39 Å². The van der Waals surface area contributed by atoms with Gasteiger partial charge in [0.1, 0.15) is 12.6 Å². The lowest BCUT2D eigenvalue weighted by molar-refractivity contribution is -0.139. The van der Waals surface area contributed by atoms with Crippen LogP contribution in [0.4, 0.5) is 4.39 Å². The Morgan fingerprint density at radius 3 is 2.88 bits per heavy atom. The van der Waals surface area contributed by atoms with E-state index in [0.717, 1.165) is 0 Å². The molecule has 0 fully saturated rings. The monoisotopic (exact) mass is 227 g/mol. The average Bonchev–Trinajstić information content (AvgIpc) is 2.26. The number of ether oxygens (including phenoxy) is 1. The fourth-order valence-electron chi connectivity index (χ4n) is 1.09. The Labute approximate surface area is 93.0 Å². The number of carboxylic acids is 1. The molecule has 0 aliphatic rings. The highest BCUT2D eigenvalue weighted by molar-refractivity contribution is 5.72. The molecule has 2 N–H and O–H groups in total. The van der Waals surface area contributed by atoms with E-state index in [1.54, 1.807) is 12.1 Å². The molecule has 0 spiro atoms. The largest absolute Gasteiger partial charge is 0.489 e. The van der Waals surface area contributed by atoms with Gasteiger partial charge in [0.15, 0.2) is 11.6 Å². The van der Waals surface area contributed by atoms with Gasteiger partial charge < -0.3 is 15.2 Å². The first-order valence-corrected chi connectivity index (χ1v) is 4.95. The summed E-state index contributed by atoms with van der Waals surface area (Å²) in [5.74, 6) is -1.17. The number of hydrogen-bond acceptors (Lipinski definition) is 3. The Morgan fingerprint density at radius 2 is 2.25 bits per heavy atom. The van der Waals surface area contributed by atoms with Crippen LogP contribution in [0.1, 0.15) is 6.92 Å². The molecule has 1 unspecified atom stereocenters. The minimum absolute atomic E-state index is 0.173. The topological polar surface area (TPSA) is 58.6 Å². The Bertz CT molecular complexity index is 357. The van der Waals surface area contributed by atoms with Crippen molar-refractivity contribution in [1.82, 2.24) is 5.32 Å². The zero-order valence-corrected chi connectivity index (χ0v) is 8.94. The van der Waals surface area contributed by atoms with E-state index in [9.17, 15) is 9.18 Å². The van der Waals surface area contributed by atoms with Crippen LogP contribution in [0.5, 0.6) is 5.75 Å². The van der Waals surface area contributed by atoms with E-state index in [0.29, 0.717) is 6.54 Å². The summed E-state index contributed by atoms with van der Waals surface area (Å²) in [5.41, 5.74) is 0. The molecular weight excluding hydrogens is 213 g/mol. The lowest BCUT2D eigenvalue weighted by Crippen LogP contribution is -2.36. The predicted octanol–water partition coefficient (Wildman–Crippen LogP) is 1.27. The highest BCUT2D eigenvalue weighted by Gasteiger charge is 2.08. The Kier molecular flexibility index (Phi) is 4.72. The second-order valence-electron chi connectivity index (χ2n) is 3.29. The molecule has 4 nitrogen and oxygen atoms in total. The van der Waals surface area contributed by atoms with Crippen molar-refractivity contribution >= 4 is 5.97 Å². The summed E-state index contributed by atoms with van der Waals surface area (Å²) >= 11 is 0. The van der Waals surface area contributed by atoms with Crippen LogP contribution in [0, 0.1) is 5.82 Å². The van der Waals surface area contributed by atoms with Crippen molar-refractivity contribution in [3.8, 4) is 5.75 Å². The summed E-state index contributed by atoms with van der Waals surface area (Å²) in [6, 6.07) is 5.45. The minimum atomic E-state index is -0.925. The molecule has 5 heteroatoms. The van der Waals surface area contributed by atoms with Gasteiger partial charge in [0.25, 0.3) is 0 Å². The van der Waals surface area contributed by atoms with Gasteiger partial charge >= 0.3 is 5.97 Å². The summed E-state index contributed by atoms with van der Waals surface area (Å²) < 4.78 is 18.2. The molecule has 0 aromatic heterocycles. The summed E-state index contributed by atoms with van der Waals surface area (Å²) in [4.78, 5) is 10.5. The second kappa shape index (κ2) is 6.07. The van der Waals surface area contributed by atoms with E-state index in [2.05, 4.69) is 5.32 Å². The molecule has 0 heterocycles. The molecule has 1 atom stereocenters. The van der Waals surface area contributed by atoms with Crippen molar-refractivity contribution in [3.05, 3.63) is 30.1 Å². The van der Waals surface area contributed by atoms with Crippen LogP contribution in [-0.4, -0.2) is 30.3 Å². The first-order chi connectivity index (χ1) is 7.61. The zero-order chi connectivity index (χ0) is 12.0. The van der Waals surface area contributed by atoms with Crippen LogP contribution in [0.3, 0.4) is 0 Å². The Morgan fingerprint density at radius 1 is 1.56 bits per heavy atom. The summed E-state index contributed by atoms with van der Waals surface area (Å²) in [6.45, 7) is 2.10. The lowest BCUT2D eigenvalue weighted by Gasteiger charge is -2.10. The molecule has 1 rings (SSSR count). The van der Waals surface area contributed by atoms with Crippen molar-refractivity contribution < 1.29 is 19.0 Å². The third-order valence-corrected chi connectivity index (χ3v) is 2.02. The Hall–Kier alpha value is -1.62. The van der Waals surface area contributed by atoms with Gasteiger partial charge in [-0.2, -0.15) is 0 Å². The Balaban J connectivity index is 2.26. The van der Waals surface area contributed by atoms with Crippen LogP contribution in [0.25, 0.3) is 0 Å². The van der Waals surface area contributed by atoms with Crippen molar-refractivity contribution in [2.75, 3.05) is 13.2 Å². The van der Waals surface area contributed by atoms with Gasteiger partial charge in [0, 0.05) is 6.54 Å². The number of halogens is 1. The maximum atomic E-state index is 13.1. The zero-order valence-electron chi connectivity index (χ0n) is 8.94. The molecule has 0 saturated carbocycles. The van der Waals surface area contributed by atoms with E-state index in [-0.39, 0.29) is 12.4 Å². The SMILES string of the molecule is CC(NCCOc1ccccc1F)C(=O)O. The molecule has 0 radical (unpaired) electrons. The number of hydrogen-bond donors (Lipinski definition) is 2. The van der Waals surface area contributed by atoms with E-state index in [1.165, 1.54) is 19.1 Å². The normalized spacial score (nSPS) is 12.1. The van der Waals surface area contributed by atoms with E-state index in [1.807, 2.05) is 0 Å². The first-order valence-electron chi connectivity index (χ1n) is 4.95. The maximum Gasteiger partial charge on any atom is 0.320 e. The van der Waals surface area contributed by atoms with Crippen molar-refractivity contribution in [2.45, 2.75) is 13.0 Å². The number of benzene rings is 1. The molecule has 16 heavy (non-hydrogen) atoms. The van der Waals surface area contributed by atoms with Crippen molar-refractivity contribution in [2.24, 2.45) is 0 Å². The summed E-state index contributed by atoms with van der Waals surface area (Å²) in [5, 5.41) is 11.3. The molecule has 0 saturated heterocycles. The summed E-state index contributed by atoms with van der Waals surface area (Å²) in [7, 11) is 0. The molecule has 1 aromatic carbocycles. The number of aliphatic carboxylic acids is 1. The van der Waals surface area contributed by atoms with E-state index in [4.69, 9.17) is 9.84 Å². The fourth-order valence-corrected chi connectivity index (χ4v) is 1.09. The minimum Gasteiger partial charge on any atom is -0.489 e. The maximum absolute atomic E-state index is 13.1. The second-order valence-corrected chi connectivity index (χ2v) is 3.29. The number of nitrogens with one attached hydrogen (secondary N) is 1. The smallest absolute Gasteiger partial charge is 0.320 e. The number of rotatable bonds is 6. The molecule has 1 aromatic rings. The third kappa shape index (κ3) is 3.86. The molecular formula is C11H14FNO3. The molecule has 0 bridgehead atoms. The number of carboxylic acid groups (broad SMARTS) is 1. The lowest BCUT2D eigenvalue weighted by atomic mass is 10.3. The number of para-hydroxylation sites is 1. The van der Waals surface area contributed by atoms with Gasteiger partial charge in [-0.1, -0.05) is 12.1 Å². The van der Waals surface area contributed by atoms with Gasteiger partial charge in [-0.05, 0) is 19.1 Å². The quantitative estimate of drug-likeness (QED) is 0.718. The van der Waals surface area contributed by atoms with Crippen LogP contribution in [0.2, 0.25) is 0 Å². The van der Waals surface area contributed by atoms with E-state index < -0.39 is 17.8 Å². The standard InChI is InChI=1S/C11H14FNO3/c1-8(11(14)15)13-6-7-16-10-5-3-2-4-9(10)12/h2-5,8,13H,6-7H2,1H3,(H,14,15). The summed E-state index contributed by atoms with van der Waals surface area (Å²) in [6.07, 6.45) is 0. The van der Waals surface area contributed by atoms with Crippen molar-refractivity contribution in [3.63, 3.8) is 0 Å². The van der Waals surface area contributed by atoms with Crippen LogP contribution in [-0.2, 0) is 4.79 Å². The van der Waals surface area contributed by atoms with E-state index >= 15 is 0 Å². The van der Waals surface area contributed by atoms with Crippen LogP contribution in [0.15, 0.2) is 24.3 Å². The third-order valence-electron chi connectivity index (χ3n) is 2.02. The fraction of sp³-hybridized carbons (Fsp3) is 0.364. The molecule has 0 aliphatic carbocycles. The first kappa shape index (κ1) is 12.4. The average molecular weight is 227 g/mol. The predicted molar refractivity (Wildman–Crippen MR) is 57.0 cm³/mol. The van der Waals surface area contributed by atoms with Crippen LogP contribution >= 0.6 is 0 Å². The molecule has 0 aliphatic heterocycles.